The number of β-amino-alcohol motifs (C(OH)–C–C–N with tert-alkyl or cyclic N) is 1. The zero-order valence-corrected chi connectivity index (χ0v) is 37.9. The zero-order chi connectivity index (χ0) is 47.8. The number of nitrogens with one attached hydrogen (secondary N) is 5. The predicted octanol–water partition coefficient (Wildman–Crippen LogP) is 7.94. The molecule has 6 N–H and O–H groups in total. The monoisotopic (exact) mass is 948 g/mol. The van der Waals surface area contributed by atoms with Crippen LogP contribution in [0.1, 0.15) is 67.3 Å². The Labute approximate surface area is 387 Å². The second kappa shape index (κ2) is 21.2. The molecule has 3 heterocycles. The number of carbonyl (C=O) groups excluding carboxylic acids is 5. The number of pyridine rings is 1. The third kappa shape index (κ3) is 13.0. The van der Waals surface area contributed by atoms with Crippen molar-refractivity contribution in [2.45, 2.75) is 77.9 Å². The van der Waals surface area contributed by atoms with Crippen LogP contribution in [0.3, 0.4) is 0 Å². The van der Waals surface area contributed by atoms with Crippen LogP contribution >= 0.6 is 22.9 Å². The number of alkyl halides is 3. The van der Waals surface area contributed by atoms with Crippen LogP contribution < -0.4 is 31.3 Å². The third-order valence-electron chi connectivity index (χ3n) is 10.4. The lowest BCUT2D eigenvalue weighted by Crippen LogP contribution is -2.57. The summed E-state index contributed by atoms with van der Waals surface area (Å²) < 4.78 is 45.4. The molecule has 15 nitrogen and oxygen atoms in total. The van der Waals surface area contributed by atoms with Crippen molar-refractivity contribution in [2.24, 2.45) is 5.41 Å². The fourth-order valence-electron chi connectivity index (χ4n) is 7.01. The molecule has 6 rings (SSSR count). The van der Waals surface area contributed by atoms with Crippen molar-refractivity contribution >= 4 is 64.0 Å². The van der Waals surface area contributed by atoms with E-state index in [0.717, 1.165) is 33.8 Å². The van der Waals surface area contributed by atoms with E-state index in [2.05, 4.69) is 36.6 Å². The molecule has 66 heavy (non-hydrogen) atoms. The normalized spacial score (nSPS) is 15.4. The molecule has 0 aliphatic carbocycles. The van der Waals surface area contributed by atoms with E-state index in [1.165, 1.54) is 53.6 Å². The van der Waals surface area contributed by atoms with E-state index in [1.54, 1.807) is 37.6 Å². The average molecular weight is 949 g/mol. The molecule has 0 unspecified atom stereocenters. The van der Waals surface area contributed by atoms with Crippen molar-refractivity contribution in [3.63, 3.8) is 0 Å². The molecule has 5 aromatic rings. The van der Waals surface area contributed by atoms with Crippen LogP contribution in [-0.2, 0) is 27.1 Å². The summed E-state index contributed by atoms with van der Waals surface area (Å²) in [5, 5.41) is 23.3. The molecule has 3 atom stereocenters. The summed E-state index contributed by atoms with van der Waals surface area (Å²) in [4.78, 5) is 76.8. The number of nitrogens with zero attached hydrogens (tertiary/aromatic N) is 3. The Morgan fingerprint density at radius 2 is 1.61 bits per heavy atom. The first-order valence-electron chi connectivity index (χ1n) is 20.8. The van der Waals surface area contributed by atoms with E-state index in [-0.39, 0.29) is 56.0 Å². The minimum Gasteiger partial charge on any atom is -0.457 e. The van der Waals surface area contributed by atoms with E-state index < -0.39 is 70.0 Å². The van der Waals surface area contributed by atoms with Crippen LogP contribution in [0.2, 0.25) is 5.02 Å². The lowest BCUT2D eigenvalue weighted by molar-refractivity contribution is -0.144. The van der Waals surface area contributed by atoms with Gasteiger partial charge in [0.25, 0.3) is 5.91 Å². The number of benzene rings is 3. The predicted molar refractivity (Wildman–Crippen MR) is 243 cm³/mol. The third-order valence-corrected chi connectivity index (χ3v) is 11.7. The summed E-state index contributed by atoms with van der Waals surface area (Å²) in [6.45, 7) is 7.58. The topological polar surface area (TPSA) is 204 Å². The number of halogens is 4. The molecule has 1 aliphatic heterocycles. The summed E-state index contributed by atoms with van der Waals surface area (Å²) >= 11 is 7.19. The van der Waals surface area contributed by atoms with Gasteiger partial charge in [0, 0.05) is 56.1 Å². The van der Waals surface area contributed by atoms with E-state index in [9.17, 15) is 42.3 Å². The van der Waals surface area contributed by atoms with E-state index in [1.807, 2.05) is 31.2 Å². The number of rotatable bonds is 15. The molecule has 6 amide bonds. The number of hydrogen-bond donors (Lipinski definition) is 6. The van der Waals surface area contributed by atoms with Crippen LogP contribution in [0, 0.1) is 12.3 Å². The number of likely N-dealkylation sites (tertiary alicyclic amines) is 1. The molecule has 0 saturated carbocycles. The van der Waals surface area contributed by atoms with E-state index in [4.69, 9.17) is 16.3 Å². The van der Waals surface area contributed by atoms with Gasteiger partial charge < -0.3 is 41.3 Å². The van der Waals surface area contributed by atoms with Crippen LogP contribution in [-0.4, -0.2) is 80.9 Å². The minimum atomic E-state index is -4.70. The molecule has 0 radical (unpaired) electrons. The van der Waals surface area contributed by atoms with Gasteiger partial charge in [0.1, 0.15) is 29.3 Å². The van der Waals surface area contributed by atoms with Crippen molar-refractivity contribution in [1.29, 1.82) is 0 Å². The first-order chi connectivity index (χ1) is 31.2. The highest BCUT2D eigenvalue weighted by Crippen LogP contribution is 2.36. The van der Waals surface area contributed by atoms with Gasteiger partial charge in [0.2, 0.25) is 17.7 Å². The van der Waals surface area contributed by atoms with Gasteiger partial charge >= 0.3 is 12.2 Å². The largest absolute Gasteiger partial charge is 0.457 e. The van der Waals surface area contributed by atoms with Gasteiger partial charge in [-0.2, -0.15) is 13.2 Å². The molecule has 3 aromatic carbocycles. The first-order valence-corrected chi connectivity index (χ1v) is 22.0. The van der Waals surface area contributed by atoms with Crippen LogP contribution in [0.4, 0.5) is 29.3 Å². The number of aromatic nitrogens is 2. The minimum absolute atomic E-state index is 0.0305. The van der Waals surface area contributed by atoms with Crippen molar-refractivity contribution in [3.05, 3.63) is 118 Å². The number of amides is 6. The van der Waals surface area contributed by atoms with Crippen molar-refractivity contribution in [3.8, 4) is 21.9 Å². The summed E-state index contributed by atoms with van der Waals surface area (Å²) in [7, 11) is 0. The van der Waals surface area contributed by atoms with Gasteiger partial charge in [0.15, 0.2) is 0 Å². The number of thiazole rings is 1. The summed E-state index contributed by atoms with van der Waals surface area (Å²) in [6.07, 6.45) is -3.99. The molecule has 2 aromatic heterocycles. The van der Waals surface area contributed by atoms with Gasteiger partial charge in [-0.1, -0.05) is 56.6 Å². The van der Waals surface area contributed by atoms with Gasteiger partial charge in [0.05, 0.1) is 32.8 Å². The molecular formula is C46H48ClF3N8O7S. The van der Waals surface area contributed by atoms with Crippen molar-refractivity contribution in [1.82, 2.24) is 30.8 Å². The number of aliphatic hydroxyl groups excluding tert-OH is 1. The average Bonchev–Trinajstić information content (AvgIpc) is 3.89. The van der Waals surface area contributed by atoms with Gasteiger partial charge in [-0.15, -0.1) is 11.3 Å². The molecule has 20 heteroatoms. The maximum atomic E-state index is 14.0. The maximum absolute atomic E-state index is 14.0. The Hall–Kier alpha value is -6.57. The molecule has 1 saturated heterocycles. The van der Waals surface area contributed by atoms with Crippen LogP contribution in [0.5, 0.6) is 11.5 Å². The molecular weight excluding hydrogens is 901 g/mol. The first kappa shape index (κ1) is 48.9. The Bertz CT molecular complexity index is 2550. The molecule has 348 valence electrons. The Morgan fingerprint density at radius 1 is 0.909 bits per heavy atom. The lowest BCUT2D eigenvalue weighted by Gasteiger charge is -2.35. The SMILES string of the molecule is Cc1ncsc1-c1ccc(CNC(=O)[C@@H]2C[C@H](O)CN2C(=O)[C@@H](NC(=O)CCCNC(=O)c2cc(Oc3ccc(NC(=O)Nc4ccc(Cl)c(C(F)(F)F)c4)cc3)ccn2)C(C)(C)C)cc1. The highest BCUT2D eigenvalue weighted by Gasteiger charge is 2.44. The second-order valence-corrected chi connectivity index (χ2v) is 17.8. The number of hydrogen-bond acceptors (Lipinski definition) is 10. The molecule has 0 bridgehead atoms. The van der Waals surface area contributed by atoms with Gasteiger partial charge in [-0.05, 0) is 78.4 Å². The fraction of sp³-hybridized carbons (Fsp3) is 0.326. The van der Waals surface area contributed by atoms with Crippen LogP contribution in [0.15, 0.2) is 90.6 Å². The highest BCUT2D eigenvalue weighted by molar-refractivity contribution is 7.13. The summed E-state index contributed by atoms with van der Waals surface area (Å²) in [5.74, 6) is -1.26. The number of urea groups is 1. The fourth-order valence-corrected chi connectivity index (χ4v) is 8.05. The zero-order valence-electron chi connectivity index (χ0n) is 36.3. The standard InChI is InChI=1S/C46H48ClF3N8O7S/c1-26-39(66-25-54-26)28-9-7-27(8-10-28)23-53-42(62)37-21-31(59)24-58(37)43(63)40(45(2,3)4)57-38(60)6-5-18-52-41(61)36-22-33(17-19-51-36)65-32-14-11-29(12-15-32)55-44(64)56-30-13-16-35(47)34(20-30)46(48,49)50/h7-17,19-20,22,25,31,37,40,59H,5-6,18,21,23-24H2,1-4H3,(H,52,61)(H,53,62)(H,57,60)(H2,55,56,64)/t31-,37-,40+/m0/s1. The Balaban J connectivity index is 0.947. The van der Waals surface area contributed by atoms with Crippen molar-refractivity contribution in [2.75, 3.05) is 23.7 Å². The van der Waals surface area contributed by atoms with Gasteiger partial charge in [-0.3, -0.25) is 24.2 Å². The number of aryl methyl sites for hydroxylation is 1. The summed E-state index contributed by atoms with van der Waals surface area (Å²) in [5.41, 5.74) is 3.01. The van der Waals surface area contributed by atoms with Crippen LogP contribution in [0.25, 0.3) is 10.4 Å². The number of anilines is 2. The van der Waals surface area contributed by atoms with Gasteiger partial charge in [-0.25, -0.2) is 9.78 Å². The van der Waals surface area contributed by atoms with E-state index in [0.29, 0.717) is 11.4 Å². The lowest BCUT2D eigenvalue weighted by atomic mass is 9.85. The smallest absolute Gasteiger partial charge is 0.417 e. The molecule has 1 fully saturated rings. The number of aliphatic hydroxyl groups is 1. The highest BCUT2D eigenvalue weighted by atomic mass is 35.5. The summed E-state index contributed by atoms with van der Waals surface area (Å²) in [6, 6.07) is 17.0. The number of ether oxygens (including phenoxy) is 1. The van der Waals surface area contributed by atoms with Crippen molar-refractivity contribution < 1.29 is 47.0 Å². The Kier molecular flexibility index (Phi) is 15.7. The molecule has 1 aliphatic rings. The van der Waals surface area contributed by atoms with E-state index >= 15 is 0 Å². The maximum Gasteiger partial charge on any atom is 0.417 e. The molecule has 0 spiro atoms. The number of carbonyl (C=O) groups is 5. The quantitative estimate of drug-likeness (QED) is 0.0563. The second-order valence-electron chi connectivity index (χ2n) is 16.6. The Morgan fingerprint density at radius 3 is 2.27 bits per heavy atom.